The average molecular weight is 483 g/mol. The van der Waals surface area contributed by atoms with E-state index < -0.39 is 36.0 Å². The summed E-state index contributed by atoms with van der Waals surface area (Å²) >= 11 is 7.81. The summed E-state index contributed by atoms with van der Waals surface area (Å²) in [5, 5.41) is 10.8. The van der Waals surface area contributed by atoms with Crippen LogP contribution in [-0.2, 0) is 15.1 Å². The van der Waals surface area contributed by atoms with Crippen LogP contribution in [0.15, 0.2) is 69.7 Å². The molecule has 0 saturated carbocycles. The van der Waals surface area contributed by atoms with E-state index in [9.17, 15) is 14.4 Å². The molecule has 2 aliphatic heterocycles. The zero-order valence-electron chi connectivity index (χ0n) is 17.5. The van der Waals surface area contributed by atoms with Gasteiger partial charge in [-0.25, -0.2) is 9.80 Å². The Morgan fingerprint density at radius 2 is 2.06 bits per heavy atom. The molecule has 1 N–H and O–H groups in total. The molecule has 2 aromatic heterocycles. The van der Waals surface area contributed by atoms with E-state index in [0.717, 1.165) is 15.5 Å². The smallest absolute Gasteiger partial charge is 0.325 e. The van der Waals surface area contributed by atoms with Crippen LogP contribution in [0.5, 0.6) is 0 Å². The van der Waals surface area contributed by atoms with Gasteiger partial charge in [0.1, 0.15) is 23.9 Å². The molecular weight excluding hydrogens is 464 g/mol. The van der Waals surface area contributed by atoms with Crippen molar-refractivity contribution in [1.29, 1.82) is 0 Å². The van der Waals surface area contributed by atoms with E-state index >= 15 is 0 Å². The van der Waals surface area contributed by atoms with Gasteiger partial charge in [0, 0.05) is 17.0 Å². The van der Waals surface area contributed by atoms with Gasteiger partial charge in [-0.15, -0.1) is 11.3 Å². The number of nitrogens with one attached hydrogen (secondary N) is 1. The number of thiophene rings is 1. The number of nitrogens with zero attached hydrogens (tertiary/aromatic N) is 3. The highest BCUT2D eigenvalue weighted by Crippen LogP contribution is 2.36. The second-order valence-corrected chi connectivity index (χ2v) is 9.28. The topological polar surface area (TPSA) is 95.2 Å². The number of hydrogen-bond acceptors (Lipinski definition) is 6. The molecule has 0 spiro atoms. The van der Waals surface area contributed by atoms with Crippen LogP contribution in [0.3, 0.4) is 0 Å². The molecule has 2 unspecified atom stereocenters. The Hall–Kier alpha value is -3.43. The Kier molecular flexibility index (Phi) is 5.30. The molecular formula is C23H19ClN4O4S. The first-order chi connectivity index (χ1) is 15.9. The number of halogens is 1. The summed E-state index contributed by atoms with van der Waals surface area (Å²) in [6.45, 7) is 1.12. The van der Waals surface area contributed by atoms with Gasteiger partial charge in [-0.3, -0.25) is 14.5 Å². The first kappa shape index (κ1) is 21.4. The van der Waals surface area contributed by atoms with Crippen LogP contribution < -0.4 is 5.32 Å². The van der Waals surface area contributed by atoms with Gasteiger partial charge < -0.3 is 9.73 Å². The molecule has 10 heteroatoms. The van der Waals surface area contributed by atoms with Gasteiger partial charge in [-0.05, 0) is 36.6 Å². The lowest BCUT2D eigenvalue weighted by Crippen LogP contribution is -2.43. The molecule has 1 fully saturated rings. The Labute approximate surface area is 198 Å². The van der Waals surface area contributed by atoms with Crippen molar-refractivity contribution < 1.29 is 18.8 Å². The molecule has 0 aliphatic carbocycles. The predicted molar refractivity (Wildman–Crippen MR) is 123 cm³/mol. The lowest BCUT2D eigenvalue weighted by atomic mass is 9.92. The average Bonchev–Trinajstić information content (AvgIpc) is 3.58. The maximum absolute atomic E-state index is 13.3. The van der Waals surface area contributed by atoms with Gasteiger partial charge in [0.25, 0.3) is 11.8 Å². The molecule has 2 aliphatic rings. The highest BCUT2D eigenvalue weighted by Gasteiger charge is 2.51. The summed E-state index contributed by atoms with van der Waals surface area (Å²) in [5.74, 6) is -0.461. The largest absolute Gasteiger partial charge is 0.467 e. The molecule has 1 aromatic carbocycles. The minimum atomic E-state index is -1.37. The van der Waals surface area contributed by atoms with Crippen molar-refractivity contribution in [2.45, 2.75) is 24.9 Å². The molecule has 33 heavy (non-hydrogen) atoms. The normalized spacial score (nSPS) is 22.6. The number of carbonyl (C=O) groups is 3. The van der Waals surface area contributed by atoms with E-state index in [1.165, 1.54) is 22.6 Å². The number of furan rings is 1. The third-order valence-electron chi connectivity index (χ3n) is 5.82. The van der Waals surface area contributed by atoms with Crippen molar-refractivity contribution in [3.63, 3.8) is 0 Å². The van der Waals surface area contributed by atoms with E-state index in [1.807, 2.05) is 17.5 Å². The molecule has 3 aromatic rings. The summed E-state index contributed by atoms with van der Waals surface area (Å²) in [7, 11) is 0. The van der Waals surface area contributed by atoms with Crippen molar-refractivity contribution in [3.05, 3.63) is 81.4 Å². The SMILES string of the molecule is CC1(c2ccccc2Cl)NC(=O)N(CC(=O)N2N=C(c3cccs3)CC2c2ccco2)C1=O. The van der Waals surface area contributed by atoms with Crippen LogP contribution >= 0.6 is 22.9 Å². The van der Waals surface area contributed by atoms with Crippen LogP contribution in [0.25, 0.3) is 0 Å². The number of amides is 4. The first-order valence-corrected chi connectivity index (χ1v) is 11.5. The fourth-order valence-electron chi connectivity index (χ4n) is 4.13. The summed E-state index contributed by atoms with van der Waals surface area (Å²) in [6.07, 6.45) is 2.00. The molecule has 1 saturated heterocycles. The quantitative estimate of drug-likeness (QED) is 0.553. The van der Waals surface area contributed by atoms with Crippen LogP contribution in [-0.4, -0.2) is 40.0 Å². The van der Waals surface area contributed by atoms with E-state index in [-0.39, 0.29) is 0 Å². The van der Waals surface area contributed by atoms with Gasteiger partial charge in [0.15, 0.2) is 0 Å². The minimum Gasteiger partial charge on any atom is -0.467 e. The Morgan fingerprint density at radius 1 is 1.24 bits per heavy atom. The number of hydrazone groups is 1. The lowest BCUT2D eigenvalue weighted by molar-refractivity contribution is -0.140. The zero-order valence-corrected chi connectivity index (χ0v) is 19.1. The van der Waals surface area contributed by atoms with E-state index in [2.05, 4.69) is 10.4 Å². The zero-order chi connectivity index (χ0) is 23.2. The van der Waals surface area contributed by atoms with Crippen LogP contribution in [0.4, 0.5) is 4.79 Å². The highest BCUT2D eigenvalue weighted by atomic mass is 35.5. The maximum Gasteiger partial charge on any atom is 0.325 e. The molecule has 2 atom stereocenters. The fourth-order valence-corrected chi connectivity index (χ4v) is 5.18. The summed E-state index contributed by atoms with van der Waals surface area (Å²) < 4.78 is 5.54. The van der Waals surface area contributed by atoms with Crippen molar-refractivity contribution in [2.24, 2.45) is 5.10 Å². The van der Waals surface area contributed by atoms with Crippen molar-refractivity contribution in [2.75, 3.05) is 6.54 Å². The van der Waals surface area contributed by atoms with Gasteiger partial charge in [-0.2, -0.15) is 5.10 Å². The first-order valence-electron chi connectivity index (χ1n) is 10.2. The van der Waals surface area contributed by atoms with Crippen molar-refractivity contribution >= 4 is 46.5 Å². The van der Waals surface area contributed by atoms with Crippen LogP contribution in [0.1, 0.15) is 35.6 Å². The molecule has 4 heterocycles. The summed E-state index contributed by atoms with van der Waals surface area (Å²) in [4.78, 5) is 41.1. The maximum atomic E-state index is 13.3. The Bertz CT molecular complexity index is 1260. The molecule has 168 valence electrons. The van der Waals surface area contributed by atoms with Gasteiger partial charge in [0.05, 0.1) is 16.9 Å². The molecule has 8 nitrogen and oxygen atoms in total. The second kappa shape index (κ2) is 8.17. The number of carbonyl (C=O) groups excluding carboxylic acids is 3. The number of hydrogen-bond donors (Lipinski definition) is 1. The van der Waals surface area contributed by atoms with Crippen molar-refractivity contribution in [1.82, 2.24) is 15.2 Å². The molecule has 5 rings (SSSR count). The molecule has 4 amide bonds. The lowest BCUT2D eigenvalue weighted by Gasteiger charge is -2.24. The van der Waals surface area contributed by atoms with Gasteiger partial charge in [0.2, 0.25) is 0 Å². The monoisotopic (exact) mass is 482 g/mol. The van der Waals surface area contributed by atoms with E-state index in [4.69, 9.17) is 16.0 Å². The predicted octanol–water partition coefficient (Wildman–Crippen LogP) is 4.14. The number of rotatable bonds is 5. The summed E-state index contributed by atoms with van der Waals surface area (Å²) in [5.41, 5.74) is -0.155. The standard InChI is InChI=1S/C23H19ClN4O4S/c1-23(14-6-2-3-7-15(14)24)21(30)27(22(31)25-23)13-20(29)28-17(18-8-4-10-32-18)12-16(26-28)19-9-5-11-33-19/h2-11,17H,12-13H2,1H3,(H,25,31). The summed E-state index contributed by atoms with van der Waals surface area (Å²) in [6, 6.07) is 13.0. The Balaban J connectivity index is 1.41. The van der Waals surface area contributed by atoms with E-state index in [1.54, 1.807) is 43.3 Å². The molecule has 0 bridgehead atoms. The van der Waals surface area contributed by atoms with Crippen LogP contribution in [0.2, 0.25) is 5.02 Å². The third kappa shape index (κ3) is 3.63. The van der Waals surface area contributed by atoms with E-state index in [0.29, 0.717) is 22.8 Å². The second-order valence-electron chi connectivity index (χ2n) is 7.92. The molecule has 0 radical (unpaired) electrons. The fraction of sp³-hybridized carbons (Fsp3) is 0.217. The third-order valence-corrected chi connectivity index (χ3v) is 7.07. The number of urea groups is 1. The Morgan fingerprint density at radius 3 is 2.76 bits per heavy atom. The minimum absolute atomic E-state index is 0.351. The van der Waals surface area contributed by atoms with Gasteiger partial charge >= 0.3 is 6.03 Å². The van der Waals surface area contributed by atoms with Crippen LogP contribution in [0, 0.1) is 0 Å². The highest BCUT2D eigenvalue weighted by molar-refractivity contribution is 7.12. The van der Waals surface area contributed by atoms with Crippen molar-refractivity contribution in [3.8, 4) is 0 Å². The number of imide groups is 1. The number of benzene rings is 1. The van der Waals surface area contributed by atoms with Gasteiger partial charge in [-0.1, -0.05) is 35.9 Å².